The molecule has 32 heavy (non-hydrogen) atoms. The van der Waals surface area contributed by atoms with Gasteiger partial charge in [-0.15, -0.1) is 0 Å². The van der Waals surface area contributed by atoms with Crippen LogP contribution in [0.25, 0.3) is 17.2 Å². The summed E-state index contributed by atoms with van der Waals surface area (Å²) >= 11 is 6.57. The fraction of sp³-hybridized carbons (Fsp3) is 0.143. The lowest BCUT2D eigenvalue weighted by Gasteiger charge is -2.37. The third-order valence-electron chi connectivity index (χ3n) is 6.36. The fourth-order valence-electron chi connectivity index (χ4n) is 5.09. The van der Waals surface area contributed by atoms with Crippen LogP contribution in [0.15, 0.2) is 77.8 Å². The molecule has 0 saturated carbocycles. The number of rotatable bonds is 3. The topological polar surface area (TPSA) is 43.4 Å². The van der Waals surface area contributed by atoms with E-state index >= 15 is 0 Å². The number of hydrogen-bond donors (Lipinski definition) is 0. The Hall–Kier alpha value is -3.43. The largest absolute Gasteiger partial charge is 0.462 e. The minimum Gasteiger partial charge on any atom is -0.462 e. The van der Waals surface area contributed by atoms with Crippen molar-refractivity contribution in [3.05, 3.63) is 111 Å². The van der Waals surface area contributed by atoms with E-state index in [2.05, 4.69) is 0 Å². The van der Waals surface area contributed by atoms with Gasteiger partial charge < -0.3 is 4.74 Å². The monoisotopic (exact) mass is 440 g/mol. The minimum absolute atomic E-state index is 0.154. The number of esters is 1. The quantitative estimate of drug-likeness (QED) is 0.452. The lowest BCUT2D eigenvalue weighted by molar-refractivity contribution is -0.117. The van der Waals surface area contributed by atoms with Gasteiger partial charge >= 0.3 is 5.97 Å². The normalized spacial score (nSPS) is 19.0. The first-order chi connectivity index (χ1) is 15.5. The number of carbonyl (C=O) groups excluding carboxylic acids is 2. The molecule has 0 heterocycles. The number of fused-ring (bicyclic) bond motifs is 4. The number of benzene rings is 3. The molecule has 0 aromatic heterocycles. The third-order valence-corrected chi connectivity index (χ3v) is 6.64. The molecule has 3 aromatic rings. The maximum atomic E-state index is 14.0. The Morgan fingerprint density at radius 2 is 1.69 bits per heavy atom. The lowest BCUT2D eigenvalue weighted by Crippen LogP contribution is -2.40. The van der Waals surface area contributed by atoms with Crippen LogP contribution in [0.1, 0.15) is 52.0 Å². The molecule has 0 fully saturated rings. The predicted molar refractivity (Wildman–Crippen MR) is 127 cm³/mol. The first-order valence-electron chi connectivity index (χ1n) is 10.6. The van der Waals surface area contributed by atoms with Gasteiger partial charge in [-0.1, -0.05) is 72.3 Å². The first kappa shape index (κ1) is 20.5. The van der Waals surface area contributed by atoms with E-state index in [1.54, 1.807) is 19.1 Å². The highest BCUT2D eigenvalue weighted by molar-refractivity contribution is 6.48. The SMILES string of the molecule is CCOC(=O)c1ccc2c(c1)C(C)=C(c1ccccc1)[C@@]21C(=O)C(Cl)=Cc2ccccc21. The Morgan fingerprint density at radius 3 is 2.44 bits per heavy atom. The molecule has 2 aliphatic carbocycles. The molecule has 0 amide bonds. The van der Waals surface area contributed by atoms with E-state index in [-0.39, 0.29) is 16.8 Å². The van der Waals surface area contributed by atoms with Crippen molar-refractivity contribution in [2.24, 2.45) is 0 Å². The molecule has 2 aliphatic rings. The number of Topliss-reactive ketones (excluding diaryl/α,β-unsaturated/α-hetero) is 1. The maximum absolute atomic E-state index is 14.0. The van der Waals surface area contributed by atoms with Crippen LogP contribution in [0.4, 0.5) is 0 Å². The second kappa shape index (κ2) is 7.61. The van der Waals surface area contributed by atoms with Gasteiger partial charge in [0.25, 0.3) is 0 Å². The van der Waals surface area contributed by atoms with Gasteiger partial charge in [-0.2, -0.15) is 0 Å². The Labute approximate surface area is 192 Å². The van der Waals surface area contributed by atoms with Crippen molar-refractivity contribution in [2.45, 2.75) is 19.3 Å². The molecular weight excluding hydrogens is 420 g/mol. The van der Waals surface area contributed by atoms with Gasteiger partial charge in [0, 0.05) is 0 Å². The lowest BCUT2D eigenvalue weighted by atomic mass is 9.63. The summed E-state index contributed by atoms with van der Waals surface area (Å²) in [5, 5.41) is 0.201. The van der Waals surface area contributed by atoms with E-state index in [9.17, 15) is 9.59 Å². The molecule has 0 N–H and O–H groups in total. The average molecular weight is 441 g/mol. The smallest absolute Gasteiger partial charge is 0.338 e. The van der Waals surface area contributed by atoms with Gasteiger partial charge in [0.2, 0.25) is 0 Å². The standard InChI is InChI=1S/C28H21ClO3/c1-3-32-27(31)20-13-14-23-21(15-20)17(2)25(18-9-5-4-6-10-18)28(23)22-12-8-7-11-19(22)16-24(29)26(28)30/h4-16H,3H2,1-2H3/t28-/m0/s1. The number of halogens is 1. The molecular formula is C28H21ClO3. The summed E-state index contributed by atoms with van der Waals surface area (Å²) in [5.41, 5.74) is 5.72. The molecule has 0 unspecified atom stereocenters. The molecule has 0 bridgehead atoms. The Kier molecular flexibility index (Phi) is 4.87. The first-order valence-corrected chi connectivity index (χ1v) is 11.0. The average Bonchev–Trinajstić information content (AvgIpc) is 3.07. The highest BCUT2D eigenvalue weighted by atomic mass is 35.5. The van der Waals surface area contributed by atoms with Gasteiger partial charge in [-0.25, -0.2) is 4.79 Å². The van der Waals surface area contributed by atoms with Crippen molar-refractivity contribution in [1.82, 2.24) is 0 Å². The van der Waals surface area contributed by atoms with E-state index in [1.807, 2.05) is 73.7 Å². The van der Waals surface area contributed by atoms with Crippen molar-refractivity contribution in [3.63, 3.8) is 0 Å². The molecule has 3 aromatic carbocycles. The van der Waals surface area contributed by atoms with E-state index in [0.717, 1.165) is 39.0 Å². The summed E-state index contributed by atoms with van der Waals surface area (Å²) in [7, 11) is 0. The molecule has 1 atom stereocenters. The molecule has 0 radical (unpaired) electrons. The van der Waals surface area contributed by atoms with Crippen LogP contribution in [-0.4, -0.2) is 18.4 Å². The van der Waals surface area contributed by atoms with Crippen LogP contribution in [0.2, 0.25) is 0 Å². The summed E-state index contributed by atoms with van der Waals surface area (Å²) in [5.74, 6) is -0.530. The number of ether oxygens (including phenoxy) is 1. The molecule has 4 heteroatoms. The van der Waals surface area contributed by atoms with Crippen LogP contribution < -0.4 is 0 Å². The van der Waals surface area contributed by atoms with Crippen LogP contribution in [-0.2, 0) is 14.9 Å². The van der Waals surface area contributed by atoms with Crippen LogP contribution in [0.5, 0.6) is 0 Å². The van der Waals surface area contributed by atoms with E-state index in [1.165, 1.54) is 0 Å². The highest BCUT2D eigenvalue weighted by Gasteiger charge is 2.54. The second-order valence-electron chi connectivity index (χ2n) is 8.01. The predicted octanol–water partition coefficient (Wildman–Crippen LogP) is 6.26. The van der Waals surface area contributed by atoms with Crippen LogP contribution >= 0.6 is 11.6 Å². The third kappa shape index (κ3) is 2.74. The molecule has 0 saturated heterocycles. The maximum Gasteiger partial charge on any atom is 0.338 e. The van der Waals surface area contributed by atoms with Gasteiger partial charge in [-0.3, -0.25) is 4.79 Å². The molecule has 1 spiro atoms. The van der Waals surface area contributed by atoms with Gasteiger partial charge in [0.05, 0.1) is 17.2 Å². The zero-order valence-corrected chi connectivity index (χ0v) is 18.6. The van der Waals surface area contributed by atoms with Gasteiger partial charge in [-0.05, 0) is 71.0 Å². The van der Waals surface area contributed by atoms with Crippen molar-refractivity contribution in [1.29, 1.82) is 0 Å². The zero-order chi connectivity index (χ0) is 22.5. The van der Waals surface area contributed by atoms with E-state index in [0.29, 0.717) is 12.2 Å². The van der Waals surface area contributed by atoms with Crippen molar-refractivity contribution in [2.75, 3.05) is 6.61 Å². The number of carbonyl (C=O) groups is 2. The van der Waals surface area contributed by atoms with Crippen LogP contribution in [0, 0.1) is 0 Å². The van der Waals surface area contributed by atoms with Crippen molar-refractivity contribution in [3.8, 4) is 0 Å². The Morgan fingerprint density at radius 1 is 0.969 bits per heavy atom. The summed E-state index contributed by atoms with van der Waals surface area (Å²) in [4.78, 5) is 26.4. The highest BCUT2D eigenvalue weighted by Crippen LogP contribution is 2.58. The molecule has 3 nitrogen and oxygen atoms in total. The van der Waals surface area contributed by atoms with Gasteiger partial charge in [0.1, 0.15) is 5.41 Å². The Bertz CT molecular complexity index is 1330. The summed E-state index contributed by atoms with van der Waals surface area (Å²) in [6, 6.07) is 23.2. The summed E-state index contributed by atoms with van der Waals surface area (Å²) in [6.45, 7) is 4.09. The van der Waals surface area contributed by atoms with Gasteiger partial charge in [0.15, 0.2) is 5.78 Å². The fourth-order valence-corrected chi connectivity index (χ4v) is 5.35. The molecule has 5 rings (SSSR count). The minimum atomic E-state index is -1.07. The van der Waals surface area contributed by atoms with Crippen molar-refractivity contribution < 1.29 is 14.3 Å². The summed E-state index contributed by atoms with van der Waals surface area (Å²) in [6.07, 6.45) is 1.74. The number of ketones is 1. The van der Waals surface area contributed by atoms with Crippen LogP contribution in [0.3, 0.4) is 0 Å². The number of hydrogen-bond acceptors (Lipinski definition) is 3. The van der Waals surface area contributed by atoms with Crippen molar-refractivity contribution >= 4 is 40.6 Å². The van der Waals surface area contributed by atoms with E-state index in [4.69, 9.17) is 16.3 Å². The molecule has 158 valence electrons. The second-order valence-corrected chi connectivity index (χ2v) is 8.41. The van der Waals surface area contributed by atoms with E-state index < -0.39 is 5.41 Å². The number of allylic oxidation sites excluding steroid dienone is 3. The Balaban J connectivity index is 1.88. The summed E-state index contributed by atoms with van der Waals surface area (Å²) < 4.78 is 5.21. The molecule has 0 aliphatic heterocycles. The zero-order valence-electron chi connectivity index (χ0n) is 17.8.